The molecule has 0 aliphatic carbocycles. The molecule has 0 spiro atoms. The molecular weight excluding hydrogens is 136 g/mol. The molecule has 2 nitrogen and oxygen atoms in total. The number of benzene rings is 1. The first-order valence-corrected chi connectivity index (χ1v) is 3.43. The topological polar surface area (TPSA) is 24.4 Å². The molecule has 0 fully saturated rings. The highest BCUT2D eigenvalue weighted by Gasteiger charge is 1.96. The van der Waals surface area contributed by atoms with Gasteiger partial charge in [-0.3, -0.25) is 5.43 Å². The van der Waals surface area contributed by atoms with Gasteiger partial charge in [-0.1, -0.05) is 18.2 Å². The van der Waals surface area contributed by atoms with Crippen molar-refractivity contribution >= 4 is 18.0 Å². The van der Waals surface area contributed by atoms with Crippen LogP contribution >= 0.6 is 0 Å². The summed E-state index contributed by atoms with van der Waals surface area (Å²) in [4.78, 5) is 0. The van der Waals surface area contributed by atoms with E-state index in [0.29, 0.717) is 0 Å². The van der Waals surface area contributed by atoms with Crippen LogP contribution in [0, 0.1) is 6.07 Å². The van der Waals surface area contributed by atoms with Crippen molar-refractivity contribution in [3.63, 3.8) is 0 Å². The van der Waals surface area contributed by atoms with Crippen molar-refractivity contribution in [2.75, 3.05) is 5.43 Å². The van der Waals surface area contributed by atoms with Crippen molar-refractivity contribution in [3.05, 3.63) is 35.9 Å². The molecule has 1 heterocycles. The van der Waals surface area contributed by atoms with E-state index in [9.17, 15) is 0 Å². The number of nitrogens with one attached hydrogen (secondary N) is 1. The van der Waals surface area contributed by atoms with E-state index >= 15 is 0 Å². The van der Waals surface area contributed by atoms with Gasteiger partial charge in [-0.15, -0.1) is 0 Å². The summed E-state index contributed by atoms with van der Waals surface area (Å²) in [5.41, 5.74) is 5.04. The van der Waals surface area contributed by atoms with E-state index < -0.39 is 0 Å². The van der Waals surface area contributed by atoms with E-state index in [1.54, 1.807) is 6.21 Å². The zero-order valence-electron chi connectivity index (χ0n) is 5.91. The molecule has 1 aromatic rings. The lowest BCUT2D eigenvalue weighted by molar-refractivity contribution is 1.35. The molecule has 2 rings (SSSR count). The van der Waals surface area contributed by atoms with Crippen molar-refractivity contribution in [2.24, 2.45) is 5.10 Å². The Bertz CT molecular complexity index is 313. The van der Waals surface area contributed by atoms with Crippen LogP contribution in [-0.2, 0) is 0 Å². The largest absolute Gasteiger partial charge is 0.278 e. The minimum absolute atomic E-state index is 0.998. The van der Waals surface area contributed by atoms with Crippen LogP contribution in [0.15, 0.2) is 29.4 Å². The van der Waals surface area contributed by atoms with E-state index in [2.05, 4.69) is 16.6 Å². The second-order valence-electron chi connectivity index (χ2n) is 2.26. The molecule has 0 amide bonds. The number of hydrogen-bond acceptors (Lipinski definition) is 2. The van der Waals surface area contributed by atoms with Gasteiger partial charge < -0.3 is 0 Å². The van der Waals surface area contributed by atoms with E-state index in [4.69, 9.17) is 0 Å². The third-order valence-corrected chi connectivity index (χ3v) is 1.52. The van der Waals surface area contributed by atoms with Crippen LogP contribution < -0.4 is 5.43 Å². The van der Waals surface area contributed by atoms with Gasteiger partial charge in [0.25, 0.3) is 0 Å². The molecule has 2 heteroatoms. The summed E-state index contributed by atoms with van der Waals surface area (Å²) in [5, 5.41) is 3.93. The fourth-order valence-electron chi connectivity index (χ4n) is 0.981. The fraction of sp³-hybridized carbons (Fsp3) is 0. The molecule has 1 radical (unpaired) electrons. The fourth-order valence-corrected chi connectivity index (χ4v) is 0.981. The standard InChI is InChI=1S/C9H7N2/c1-2-6-9-8(4-1)5-3-7-10-11-9/h1,3-7,11H. The maximum atomic E-state index is 3.93. The summed E-state index contributed by atoms with van der Waals surface area (Å²) in [6.45, 7) is 0. The van der Waals surface area contributed by atoms with Crippen LogP contribution in [0.25, 0.3) is 6.08 Å². The number of hydrogen-bond donors (Lipinski definition) is 1. The summed E-state index contributed by atoms with van der Waals surface area (Å²) in [5.74, 6) is 0. The number of nitrogens with zero attached hydrogens (tertiary/aromatic N) is 1. The molecule has 0 bridgehead atoms. The lowest BCUT2D eigenvalue weighted by Crippen LogP contribution is -1.88. The van der Waals surface area contributed by atoms with Crippen molar-refractivity contribution < 1.29 is 0 Å². The molecular formula is C9H7N2. The Morgan fingerprint density at radius 2 is 2.45 bits per heavy atom. The first-order chi connectivity index (χ1) is 5.47. The van der Waals surface area contributed by atoms with E-state index in [1.165, 1.54) is 0 Å². The normalized spacial score (nSPS) is 13.5. The van der Waals surface area contributed by atoms with Crippen LogP contribution in [0.1, 0.15) is 5.56 Å². The van der Waals surface area contributed by atoms with Crippen LogP contribution in [0.4, 0.5) is 5.69 Å². The summed E-state index contributed by atoms with van der Waals surface area (Å²) < 4.78 is 0. The molecule has 1 aromatic carbocycles. The Labute approximate surface area is 65.2 Å². The van der Waals surface area contributed by atoms with Crippen molar-refractivity contribution in [3.8, 4) is 0 Å². The van der Waals surface area contributed by atoms with Gasteiger partial charge in [-0.25, -0.2) is 0 Å². The molecule has 53 valence electrons. The lowest BCUT2D eigenvalue weighted by Gasteiger charge is -2.00. The average molecular weight is 143 g/mol. The molecule has 11 heavy (non-hydrogen) atoms. The molecule has 1 aliphatic heterocycles. The van der Waals surface area contributed by atoms with Gasteiger partial charge in [0.2, 0.25) is 0 Å². The molecule has 0 atom stereocenters. The summed E-state index contributed by atoms with van der Waals surface area (Å²) in [6, 6.07) is 8.73. The summed E-state index contributed by atoms with van der Waals surface area (Å²) >= 11 is 0. The quantitative estimate of drug-likeness (QED) is 0.589. The first kappa shape index (κ1) is 6.16. The molecule has 0 aromatic heterocycles. The molecule has 1 N–H and O–H groups in total. The van der Waals surface area contributed by atoms with Crippen molar-refractivity contribution in [2.45, 2.75) is 0 Å². The Balaban J connectivity index is 2.52. The zero-order chi connectivity index (χ0) is 7.52. The monoisotopic (exact) mass is 143 g/mol. The van der Waals surface area contributed by atoms with Crippen molar-refractivity contribution in [1.29, 1.82) is 0 Å². The first-order valence-electron chi connectivity index (χ1n) is 3.43. The van der Waals surface area contributed by atoms with Crippen LogP contribution in [0.2, 0.25) is 0 Å². The highest BCUT2D eigenvalue weighted by Crippen LogP contribution is 2.16. The Morgan fingerprint density at radius 1 is 1.45 bits per heavy atom. The molecule has 1 aliphatic rings. The number of anilines is 1. The van der Waals surface area contributed by atoms with Crippen LogP contribution in [-0.4, -0.2) is 6.21 Å². The number of allylic oxidation sites excluding steroid dienone is 1. The Kier molecular flexibility index (Phi) is 1.44. The third-order valence-electron chi connectivity index (χ3n) is 1.52. The lowest BCUT2D eigenvalue weighted by atomic mass is 10.2. The number of rotatable bonds is 0. The summed E-state index contributed by atoms with van der Waals surface area (Å²) in [6.07, 6.45) is 5.63. The second-order valence-corrected chi connectivity index (χ2v) is 2.26. The van der Waals surface area contributed by atoms with Gasteiger partial charge in [0.15, 0.2) is 0 Å². The van der Waals surface area contributed by atoms with Crippen molar-refractivity contribution in [1.82, 2.24) is 0 Å². The van der Waals surface area contributed by atoms with Gasteiger partial charge in [0.05, 0.1) is 5.69 Å². The SMILES string of the molecule is [c]1ccc2c(c1)NN=CC=C2. The van der Waals surface area contributed by atoms with Crippen LogP contribution in [0.3, 0.4) is 0 Å². The van der Waals surface area contributed by atoms with E-state index in [1.807, 2.05) is 30.4 Å². The maximum absolute atomic E-state index is 3.93. The second kappa shape index (κ2) is 2.58. The molecule has 0 saturated carbocycles. The van der Waals surface area contributed by atoms with Gasteiger partial charge in [-0.2, -0.15) is 5.10 Å². The maximum Gasteiger partial charge on any atom is 0.0640 e. The highest BCUT2D eigenvalue weighted by molar-refractivity contribution is 5.83. The average Bonchev–Trinajstić information content (AvgIpc) is 2.28. The van der Waals surface area contributed by atoms with E-state index in [-0.39, 0.29) is 0 Å². The predicted octanol–water partition coefficient (Wildman–Crippen LogP) is 1.91. The Morgan fingerprint density at radius 3 is 3.45 bits per heavy atom. The smallest absolute Gasteiger partial charge is 0.0640 e. The minimum atomic E-state index is 0.998. The highest BCUT2D eigenvalue weighted by atomic mass is 15.3. The van der Waals surface area contributed by atoms with Crippen LogP contribution in [0.5, 0.6) is 0 Å². The van der Waals surface area contributed by atoms with Gasteiger partial charge in [0.1, 0.15) is 0 Å². The molecule has 0 saturated heterocycles. The number of hydrazone groups is 1. The molecule has 0 unspecified atom stereocenters. The Hall–Kier alpha value is -1.57. The zero-order valence-corrected chi connectivity index (χ0v) is 5.91. The predicted molar refractivity (Wildman–Crippen MR) is 46.4 cm³/mol. The van der Waals surface area contributed by atoms with Gasteiger partial charge in [0, 0.05) is 6.21 Å². The summed E-state index contributed by atoms with van der Waals surface area (Å²) in [7, 11) is 0. The minimum Gasteiger partial charge on any atom is -0.278 e. The third kappa shape index (κ3) is 1.15. The van der Waals surface area contributed by atoms with Gasteiger partial charge in [-0.05, 0) is 23.8 Å². The number of fused-ring (bicyclic) bond motifs is 1. The van der Waals surface area contributed by atoms with E-state index in [0.717, 1.165) is 11.3 Å². The van der Waals surface area contributed by atoms with Gasteiger partial charge >= 0.3 is 0 Å².